The van der Waals surface area contributed by atoms with E-state index in [0.29, 0.717) is 6.42 Å². The van der Waals surface area contributed by atoms with Crippen molar-refractivity contribution in [3.05, 3.63) is 60.2 Å². The van der Waals surface area contributed by atoms with Crippen molar-refractivity contribution < 1.29 is 9.53 Å². The van der Waals surface area contributed by atoms with Gasteiger partial charge >= 0.3 is 0 Å². The maximum absolute atomic E-state index is 12.0. The Labute approximate surface area is 126 Å². The van der Waals surface area contributed by atoms with Crippen LogP contribution >= 0.6 is 0 Å². The number of carbonyl (C=O) groups is 1. The van der Waals surface area contributed by atoms with Gasteiger partial charge < -0.3 is 10.1 Å². The summed E-state index contributed by atoms with van der Waals surface area (Å²) >= 11 is 0. The van der Waals surface area contributed by atoms with Crippen LogP contribution in [0.5, 0.6) is 5.75 Å². The van der Waals surface area contributed by atoms with Crippen molar-refractivity contribution in [3.8, 4) is 5.75 Å². The fourth-order valence-electron chi connectivity index (χ4n) is 1.99. The topological polar surface area (TPSA) is 38.3 Å². The first-order valence-corrected chi connectivity index (χ1v) is 7.34. The van der Waals surface area contributed by atoms with E-state index < -0.39 is 0 Å². The lowest BCUT2D eigenvalue weighted by molar-refractivity contribution is -0.115. The van der Waals surface area contributed by atoms with Crippen molar-refractivity contribution in [3.63, 3.8) is 0 Å². The first-order valence-electron chi connectivity index (χ1n) is 7.34. The summed E-state index contributed by atoms with van der Waals surface area (Å²) < 4.78 is 5.66. The normalized spacial score (nSPS) is 10.1. The van der Waals surface area contributed by atoms with Crippen LogP contribution in [0.2, 0.25) is 0 Å². The van der Waals surface area contributed by atoms with E-state index in [9.17, 15) is 4.79 Å². The van der Waals surface area contributed by atoms with Crippen LogP contribution in [0.25, 0.3) is 0 Å². The highest BCUT2D eigenvalue weighted by Crippen LogP contribution is 2.15. The first kappa shape index (κ1) is 15.1. The Morgan fingerprint density at radius 3 is 2.67 bits per heavy atom. The van der Waals surface area contributed by atoms with E-state index in [1.54, 1.807) is 0 Å². The Bertz CT molecular complexity index is 566. The van der Waals surface area contributed by atoms with Crippen molar-refractivity contribution in [1.82, 2.24) is 0 Å². The Morgan fingerprint density at radius 2 is 1.90 bits per heavy atom. The van der Waals surface area contributed by atoms with Gasteiger partial charge in [-0.25, -0.2) is 0 Å². The maximum Gasteiger partial charge on any atom is 0.228 e. The molecule has 0 bridgehead atoms. The number of anilines is 1. The van der Waals surface area contributed by atoms with Crippen LogP contribution in [0.3, 0.4) is 0 Å². The van der Waals surface area contributed by atoms with Gasteiger partial charge in [-0.15, -0.1) is 0 Å². The fourth-order valence-corrected chi connectivity index (χ4v) is 1.99. The van der Waals surface area contributed by atoms with Gasteiger partial charge in [0, 0.05) is 5.69 Å². The zero-order valence-electron chi connectivity index (χ0n) is 12.3. The van der Waals surface area contributed by atoms with Gasteiger partial charge in [0.05, 0.1) is 13.0 Å². The summed E-state index contributed by atoms with van der Waals surface area (Å²) in [6, 6.07) is 17.2. The van der Waals surface area contributed by atoms with Gasteiger partial charge in [-0.05, 0) is 36.2 Å². The summed E-state index contributed by atoms with van der Waals surface area (Å²) in [4.78, 5) is 12.0. The maximum atomic E-state index is 12.0. The summed E-state index contributed by atoms with van der Waals surface area (Å²) in [5, 5.41) is 2.88. The lowest BCUT2D eigenvalue weighted by atomic mass is 10.1. The number of ether oxygens (including phenoxy) is 1. The number of unbranched alkanes of at least 4 members (excludes halogenated alkanes) is 1. The fraction of sp³-hybridized carbons (Fsp3) is 0.278. The number of para-hydroxylation sites is 1. The minimum absolute atomic E-state index is 0.0214. The van der Waals surface area contributed by atoms with E-state index in [1.807, 2.05) is 54.6 Å². The van der Waals surface area contributed by atoms with Gasteiger partial charge in [0.1, 0.15) is 5.75 Å². The number of hydrogen-bond acceptors (Lipinski definition) is 2. The average Bonchev–Trinajstić information content (AvgIpc) is 2.49. The zero-order valence-corrected chi connectivity index (χ0v) is 12.3. The third kappa shape index (κ3) is 5.30. The number of rotatable bonds is 7. The van der Waals surface area contributed by atoms with E-state index >= 15 is 0 Å². The van der Waals surface area contributed by atoms with E-state index in [4.69, 9.17) is 4.74 Å². The van der Waals surface area contributed by atoms with Gasteiger partial charge in [-0.1, -0.05) is 43.7 Å². The minimum atomic E-state index is -0.0214. The van der Waals surface area contributed by atoms with Gasteiger partial charge in [0.2, 0.25) is 5.91 Å². The molecule has 3 nitrogen and oxygen atoms in total. The van der Waals surface area contributed by atoms with Gasteiger partial charge in [-0.3, -0.25) is 4.79 Å². The predicted octanol–water partition coefficient (Wildman–Crippen LogP) is 4.05. The highest BCUT2D eigenvalue weighted by atomic mass is 16.5. The molecular weight excluding hydrogens is 262 g/mol. The molecule has 0 aliphatic rings. The second kappa shape index (κ2) is 8.10. The van der Waals surface area contributed by atoms with Crippen molar-refractivity contribution in [2.45, 2.75) is 26.2 Å². The molecule has 0 saturated heterocycles. The molecule has 1 N–H and O–H groups in total. The van der Waals surface area contributed by atoms with Crippen molar-refractivity contribution >= 4 is 11.6 Å². The Hall–Kier alpha value is -2.29. The molecule has 2 aromatic carbocycles. The molecule has 2 rings (SSSR count). The van der Waals surface area contributed by atoms with E-state index in [-0.39, 0.29) is 5.91 Å². The average molecular weight is 283 g/mol. The summed E-state index contributed by atoms with van der Waals surface area (Å²) in [7, 11) is 0. The van der Waals surface area contributed by atoms with Crippen LogP contribution < -0.4 is 10.1 Å². The molecule has 0 unspecified atom stereocenters. The second-order valence-corrected chi connectivity index (χ2v) is 4.94. The SMILES string of the molecule is CCCCOc1cccc(CC(=O)Nc2ccccc2)c1. The molecule has 0 aliphatic heterocycles. The number of carbonyl (C=O) groups excluding carboxylic acids is 1. The van der Waals surface area contributed by atoms with E-state index in [1.165, 1.54) is 0 Å². The van der Waals surface area contributed by atoms with Gasteiger partial charge in [0.25, 0.3) is 0 Å². The molecule has 21 heavy (non-hydrogen) atoms. The van der Waals surface area contributed by atoms with Gasteiger partial charge in [0.15, 0.2) is 0 Å². The Kier molecular flexibility index (Phi) is 5.83. The number of hydrogen-bond donors (Lipinski definition) is 1. The van der Waals surface area contributed by atoms with E-state index in [0.717, 1.165) is 36.4 Å². The second-order valence-electron chi connectivity index (χ2n) is 4.94. The molecule has 0 radical (unpaired) electrons. The zero-order chi connectivity index (χ0) is 14.9. The number of nitrogens with one attached hydrogen (secondary N) is 1. The summed E-state index contributed by atoms with van der Waals surface area (Å²) in [6.07, 6.45) is 2.50. The smallest absolute Gasteiger partial charge is 0.228 e. The Balaban J connectivity index is 1.90. The Morgan fingerprint density at radius 1 is 1.10 bits per heavy atom. The van der Waals surface area contributed by atoms with Gasteiger partial charge in [-0.2, -0.15) is 0 Å². The molecule has 0 heterocycles. The largest absolute Gasteiger partial charge is 0.494 e. The molecule has 2 aromatic rings. The molecule has 0 spiro atoms. The van der Waals surface area contributed by atoms with E-state index in [2.05, 4.69) is 12.2 Å². The van der Waals surface area contributed by atoms with Crippen LogP contribution in [0.1, 0.15) is 25.3 Å². The standard InChI is InChI=1S/C18H21NO2/c1-2-3-12-21-17-11-7-8-15(13-17)14-18(20)19-16-9-5-4-6-10-16/h4-11,13H,2-3,12,14H2,1H3,(H,19,20). The summed E-state index contributed by atoms with van der Waals surface area (Å²) in [6.45, 7) is 2.85. The van der Waals surface area contributed by atoms with Crippen LogP contribution in [0, 0.1) is 0 Å². The molecule has 1 amide bonds. The van der Waals surface area contributed by atoms with Crippen LogP contribution in [0.4, 0.5) is 5.69 Å². The third-order valence-electron chi connectivity index (χ3n) is 3.09. The third-order valence-corrected chi connectivity index (χ3v) is 3.09. The number of amides is 1. The van der Waals surface area contributed by atoms with Crippen molar-refractivity contribution in [1.29, 1.82) is 0 Å². The molecule has 0 atom stereocenters. The predicted molar refractivity (Wildman–Crippen MR) is 85.6 cm³/mol. The lowest BCUT2D eigenvalue weighted by Crippen LogP contribution is -2.14. The van der Waals surface area contributed by atoms with Crippen LogP contribution in [0.15, 0.2) is 54.6 Å². The quantitative estimate of drug-likeness (QED) is 0.779. The molecule has 0 aromatic heterocycles. The molecule has 0 aliphatic carbocycles. The van der Waals surface area contributed by atoms with Crippen LogP contribution in [-0.4, -0.2) is 12.5 Å². The summed E-state index contributed by atoms with van der Waals surface area (Å²) in [5.41, 5.74) is 1.77. The monoisotopic (exact) mass is 283 g/mol. The lowest BCUT2D eigenvalue weighted by Gasteiger charge is -2.08. The first-order chi connectivity index (χ1) is 10.3. The molecule has 0 saturated carbocycles. The number of benzene rings is 2. The van der Waals surface area contributed by atoms with Crippen molar-refractivity contribution in [2.75, 3.05) is 11.9 Å². The minimum Gasteiger partial charge on any atom is -0.494 e. The highest BCUT2D eigenvalue weighted by Gasteiger charge is 2.05. The highest BCUT2D eigenvalue weighted by molar-refractivity contribution is 5.92. The molecule has 3 heteroatoms. The molecule has 0 fully saturated rings. The molecular formula is C18H21NO2. The van der Waals surface area contributed by atoms with Crippen LogP contribution in [-0.2, 0) is 11.2 Å². The molecule has 110 valence electrons. The summed E-state index contributed by atoms with van der Waals surface area (Å²) in [5.74, 6) is 0.806. The van der Waals surface area contributed by atoms with Crippen molar-refractivity contribution in [2.24, 2.45) is 0 Å².